The molecule has 26 heavy (non-hydrogen) atoms. The highest BCUT2D eigenvalue weighted by Crippen LogP contribution is 2.30. The van der Waals surface area contributed by atoms with Crippen LogP contribution in [0.3, 0.4) is 0 Å². The van der Waals surface area contributed by atoms with Gasteiger partial charge in [-0.05, 0) is 17.9 Å². The summed E-state index contributed by atoms with van der Waals surface area (Å²) in [6, 6.07) is 0. The lowest BCUT2D eigenvalue weighted by atomic mass is 10.0. The summed E-state index contributed by atoms with van der Waals surface area (Å²) in [7, 11) is 3.15. The number of rotatable bonds is 6. The van der Waals surface area contributed by atoms with E-state index in [-0.39, 0.29) is 17.5 Å². The number of thioether (sulfide) groups is 1. The first-order valence-corrected chi connectivity index (χ1v) is 9.82. The molecule has 8 heteroatoms. The number of hydrogen-bond donors (Lipinski definition) is 0. The van der Waals surface area contributed by atoms with E-state index in [9.17, 15) is 9.59 Å². The molecule has 0 spiro atoms. The van der Waals surface area contributed by atoms with Gasteiger partial charge < -0.3 is 9.47 Å². The first kappa shape index (κ1) is 19.1. The van der Waals surface area contributed by atoms with Crippen LogP contribution in [-0.4, -0.2) is 39.4 Å². The highest BCUT2D eigenvalue weighted by Gasteiger charge is 2.20. The zero-order valence-corrected chi connectivity index (χ0v) is 16.5. The normalized spacial score (nSPS) is 15.4. The fraction of sp³-hybridized carbons (Fsp3) is 0.611. The molecule has 1 aliphatic heterocycles. The summed E-state index contributed by atoms with van der Waals surface area (Å²) in [5, 5.41) is 0.519. The van der Waals surface area contributed by atoms with Gasteiger partial charge in [0.25, 0.3) is 5.56 Å². The van der Waals surface area contributed by atoms with Gasteiger partial charge in [0.15, 0.2) is 6.29 Å². The third kappa shape index (κ3) is 3.72. The molecular weight excluding hydrogens is 354 g/mol. The molecule has 1 saturated heterocycles. The van der Waals surface area contributed by atoms with Gasteiger partial charge in [-0.2, -0.15) is 0 Å². The van der Waals surface area contributed by atoms with Gasteiger partial charge in [-0.1, -0.05) is 13.8 Å². The zero-order valence-electron chi connectivity index (χ0n) is 15.7. The van der Waals surface area contributed by atoms with E-state index in [1.807, 2.05) is 0 Å². The number of aromatic nitrogens is 3. The second-order valence-corrected chi connectivity index (χ2v) is 8.03. The van der Waals surface area contributed by atoms with Gasteiger partial charge >= 0.3 is 5.69 Å². The van der Waals surface area contributed by atoms with E-state index < -0.39 is 0 Å². The van der Waals surface area contributed by atoms with Crippen LogP contribution in [-0.2, 0) is 30.0 Å². The van der Waals surface area contributed by atoms with Crippen LogP contribution in [0.2, 0.25) is 0 Å². The summed E-state index contributed by atoms with van der Waals surface area (Å²) in [6.45, 7) is 5.54. The molecule has 0 bridgehead atoms. The Hall–Kier alpha value is -1.64. The average Bonchev–Trinajstić information content (AvgIpc) is 3.12. The Kier molecular flexibility index (Phi) is 5.84. The van der Waals surface area contributed by atoms with Crippen molar-refractivity contribution in [1.29, 1.82) is 0 Å². The average molecular weight is 379 g/mol. The largest absolute Gasteiger partial charge is 0.350 e. The van der Waals surface area contributed by atoms with Crippen LogP contribution in [0.1, 0.15) is 25.8 Å². The maximum atomic E-state index is 12.8. The van der Waals surface area contributed by atoms with Gasteiger partial charge in [0.05, 0.1) is 18.6 Å². The molecule has 0 saturated carbocycles. The molecule has 3 rings (SSSR count). The Labute approximate surface area is 156 Å². The highest BCUT2D eigenvalue weighted by atomic mass is 32.2. The summed E-state index contributed by atoms with van der Waals surface area (Å²) in [4.78, 5) is 30.4. The van der Waals surface area contributed by atoms with Crippen LogP contribution in [0.25, 0.3) is 11.0 Å². The maximum absolute atomic E-state index is 12.8. The fourth-order valence-electron chi connectivity index (χ4n) is 3.12. The smallest absolute Gasteiger partial charge is 0.332 e. The standard InChI is InChI=1S/C18H25N3O4S/c1-11(2)9-12-10-19-16-14(17(22)21(4)18(23)20(16)3)15(12)26-8-5-13-24-6-7-25-13/h10-11,13H,5-9H2,1-4H3. The molecule has 0 aromatic carbocycles. The molecule has 0 atom stereocenters. The second kappa shape index (κ2) is 7.94. The van der Waals surface area contributed by atoms with Crippen molar-refractivity contribution in [2.24, 2.45) is 20.0 Å². The Balaban J connectivity index is 2.05. The number of hydrogen-bond acceptors (Lipinski definition) is 6. The summed E-state index contributed by atoms with van der Waals surface area (Å²) >= 11 is 1.61. The summed E-state index contributed by atoms with van der Waals surface area (Å²) in [6.07, 6.45) is 3.21. The van der Waals surface area contributed by atoms with Gasteiger partial charge in [-0.3, -0.25) is 13.9 Å². The maximum Gasteiger partial charge on any atom is 0.332 e. The minimum absolute atomic E-state index is 0.170. The van der Waals surface area contributed by atoms with Gasteiger partial charge in [-0.25, -0.2) is 9.78 Å². The van der Waals surface area contributed by atoms with E-state index in [0.29, 0.717) is 30.2 Å². The summed E-state index contributed by atoms with van der Waals surface area (Å²) in [5.74, 6) is 1.20. The third-order valence-electron chi connectivity index (χ3n) is 4.41. The molecular formula is C18H25N3O4S. The van der Waals surface area contributed by atoms with Crippen molar-refractivity contribution < 1.29 is 9.47 Å². The molecule has 2 aromatic heterocycles. The van der Waals surface area contributed by atoms with E-state index in [1.54, 1.807) is 25.0 Å². The monoisotopic (exact) mass is 379 g/mol. The van der Waals surface area contributed by atoms with Gasteiger partial charge in [0.1, 0.15) is 5.65 Å². The van der Waals surface area contributed by atoms with E-state index in [4.69, 9.17) is 9.47 Å². The Morgan fingerprint density at radius 2 is 1.92 bits per heavy atom. The summed E-state index contributed by atoms with van der Waals surface area (Å²) < 4.78 is 13.6. The molecule has 142 valence electrons. The van der Waals surface area contributed by atoms with Crippen LogP contribution >= 0.6 is 11.8 Å². The molecule has 7 nitrogen and oxygen atoms in total. The lowest BCUT2D eigenvalue weighted by Gasteiger charge is -2.16. The van der Waals surface area contributed by atoms with E-state index >= 15 is 0 Å². The molecule has 3 heterocycles. The quantitative estimate of drug-likeness (QED) is 0.711. The van der Waals surface area contributed by atoms with Gasteiger partial charge in [0.2, 0.25) is 0 Å². The van der Waals surface area contributed by atoms with Crippen molar-refractivity contribution in [2.75, 3.05) is 19.0 Å². The lowest BCUT2D eigenvalue weighted by molar-refractivity contribution is -0.0421. The molecule has 2 aromatic rings. The highest BCUT2D eigenvalue weighted by molar-refractivity contribution is 7.99. The predicted molar refractivity (Wildman–Crippen MR) is 102 cm³/mol. The molecule has 0 N–H and O–H groups in total. The van der Waals surface area contributed by atoms with Crippen molar-refractivity contribution in [3.8, 4) is 0 Å². The van der Waals surface area contributed by atoms with Crippen molar-refractivity contribution in [1.82, 2.24) is 14.1 Å². The van der Waals surface area contributed by atoms with Crippen LogP contribution in [0.5, 0.6) is 0 Å². The number of aryl methyl sites for hydroxylation is 1. The number of nitrogens with zero attached hydrogens (tertiary/aromatic N) is 3. The van der Waals surface area contributed by atoms with Crippen molar-refractivity contribution in [2.45, 2.75) is 37.9 Å². The van der Waals surface area contributed by atoms with E-state index in [2.05, 4.69) is 18.8 Å². The number of pyridine rings is 1. The van der Waals surface area contributed by atoms with E-state index in [0.717, 1.165) is 33.6 Å². The zero-order chi connectivity index (χ0) is 18.8. The molecule has 1 aliphatic rings. The molecule has 1 fully saturated rings. The minimum Gasteiger partial charge on any atom is -0.350 e. The van der Waals surface area contributed by atoms with Crippen LogP contribution in [0.15, 0.2) is 20.7 Å². The second-order valence-electron chi connectivity index (χ2n) is 6.92. The van der Waals surface area contributed by atoms with Crippen molar-refractivity contribution in [3.05, 3.63) is 32.6 Å². The van der Waals surface area contributed by atoms with Crippen LogP contribution < -0.4 is 11.2 Å². The Morgan fingerprint density at radius 1 is 1.23 bits per heavy atom. The fourth-order valence-corrected chi connectivity index (χ4v) is 4.28. The number of fused-ring (bicyclic) bond motifs is 1. The SMILES string of the molecule is CC(C)Cc1cnc2c(c1SCCC1OCCO1)c(=O)n(C)c(=O)n2C. The molecule has 0 amide bonds. The topological polar surface area (TPSA) is 75.3 Å². The Morgan fingerprint density at radius 3 is 2.58 bits per heavy atom. The minimum atomic E-state index is -0.365. The number of ether oxygens (including phenoxy) is 2. The summed E-state index contributed by atoms with van der Waals surface area (Å²) in [5.41, 5.74) is 0.815. The van der Waals surface area contributed by atoms with Crippen molar-refractivity contribution >= 4 is 22.8 Å². The predicted octanol–water partition coefficient (Wildman–Crippen LogP) is 1.69. The van der Waals surface area contributed by atoms with Crippen LogP contribution in [0.4, 0.5) is 0 Å². The van der Waals surface area contributed by atoms with Gasteiger partial charge in [0, 0.05) is 37.4 Å². The molecule has 0 radical (unpaired) electrons. The van der Waals surface area contributed by atoms with Crippen LogP contribution in [0, 0.1) is 5.92 Å². The van der Waals surface area contributed by atoms with Crippen molar-refractivity contribution in [3.63, 3.8) is 0 Å². The van der Waals surface area contributed by atoms with Gasteiger partial charge in [-0.15, -0.1) is 11.8 Å². The first-order chi connectivity index (χ1) is 12.4. The lowest BCUT2D eigenvalue weighted by Crippen LogP contribution is -2.37. The third-order valence-corrected chi connectivity index (χ3v) is 5.61. The van der Waals surface area contributed by atoms with E-state index in [1.165, 1.54) is 11.6 Å². The first-order valence-electron chi connectivity index (χ1n) is 8.83. The molecule has 0 aliphatic carbocycles. The molecule has 0 unspecified atom stereocenters. The Bertz CT molecular complexity index is 913.